The normalized spacial score (nSPS) is 24.8. The van der Waals surface area contributed by atoms with Gasteiger partial charge >= 0.3 is 5.97 Å². The third-order valence-electron chi connectivity index (χ3n) is 3.66. The summed E-state index contributed by atoms with van der Waals surface area (Å²) in [6.07, 6.45) is 4.06. The Kier molecular flexibility index (Phi) is 2.63. The van der Waals surface area contributed by atoms with Gasteiger partial charge in [-0.05, 0) is 18.4 Å². The van der Waals surface area contributed by atoms with Crippen LogP contribution in [0.4, 0.5) is 0 Å². The molecule has 0 N–H and O–H groups in total. The van der Waals surface area contributed by atoms with E-state index in [2.05, 4.69) is 0 Å². The summed E-state index contributed by atoms with van der Waals surface area (Å²) in [5.74, 6) is -0.198. The largest absolute Gasteiger partial charge is 0.459 e. The smallest absolute Gasteiger partial charge is 0.338 e. The van der Waals surface area contributed by atoms with Crippen molar-refractivity contribution in [1.29, 1.82) is 0 Å². The summed E-state index contributed by atoms with van der Waals surface area (Å²) in [4.78, 5) is 11.8. The van der Waals surface area contributed by atoms with Crippen LogP contribution in [-0.4, -0.2) is 17.7 Å². The average Bonchev–Trinajstić information content (AvgIpc) is 2.86. The van der Waals surface area contributed by atoms with Gasteiger partial charge in [0.25, 0.3) is 0 Å². The van der Waals surface area contributed by atoms with Gasteiger partial charge in [-0.15, -0.1) is 0 Å². The molecule has 0 radical (unpaired) electrons. The van der Waals surface area contributed by atoms with E-state index in [4.69, 9.17) is 9.47 Å². The van der Waals surface area contributed by atoms with Crippen molar-refractivity contribution < 1.29 is 14.3 Å². The van der Waals surface area contributed by atoms with Crippen molar-refractivity contribution in [2.24, 2.45) is 0 Å². The lowest BCUT2D eigenvalue weighted by Gasteiger charge is -2.04. The standard InChI is InChI=1S/C14H16O3/c15-13(12-14(17-12)8-4-5-9-14)16-10-11-6-2-1-3-7-11/h1-3,6-7,12H,4-5,8-10H2. The molecule has 1 saturated heterocycles. The fourth-order valence-electron chi connectivity index (χ4n) is 2.62. The number of rotatable bonds is 3. The summed E-state index contributed by atoms with van der Waals surface area (Å²) < 4.78 is 10.8. The fourth-order valence-corrected chi connectivity index (χ4v) is 2.62. The highest BCUT2D eigenvalue weighted by molar-refractivity contribution is 5.79. The van der Waals surface area contributed by atoms with Crippen molar-refractivity contribution in [2.45, 2.75) is 44.0 Å². The van der Waals surface area contributed by atoms with Crippen molar-refractivity contribution >= 4 is 5.97 Å². The fraction of sp³-hybridized carbons (Fsp3) is 0.500. The first-order valence-electron chi connectivity index (χ1n) is 6.19. The highest BCUT2D eigenvalue weighted by Gasteiger charge is 2.62. The molecular weight excluding hydrogens is 216 g/mol. The number of carbonyl (C=O) groups is 1. The molecule has 1 saturated carbocycles. The molecule has 3 rings (SSSR count). The Labute approximate surface area is 101 Å². The first kappa shape index (κ1) is 10.8. The Morgan fingerprint density at radius 1 is 1.29 bits per heavy atom. The molecule has 1 aromatic rings. The second kappa shape index (κ2) is 4.15. The van der Waals surface area contributed by atoms with Crippen LogP contribution in [0.3, 0.4) is 0 Å². The molecule has 2 aliphatic rings. The molecular formula is C14H16O3. The Bertz CT molecular complexity index is 407. The van der Waals surface area contributed by atoms with Crippen LogP contribution in [0.5, 0.6) is 0 Å². The van der Waals surface area contributed by atoms with Crippen LogP contribution in [0, 0.1) is 0 Å². The zero-order chi connectivity index (χ0) is 11.7. The van der Waals surface area contributed by atoms with Gasteiger partial charge in [-0.2, -0.15) is 0 Å². The van der Waals surface area contributed by atoms with Gasteiger partial charge in [-0.3, -0.25) is 0 Å². The second-order valence-corrected chi connectivity index (χ2v) is 4.86. The summed E-state index contributed by atoms with van der Waals surface area (Å²) in [7, 11) is 0. The van der Waals surface area contributed by atoms with Gasteiger partial charge in [-0.25, -0.2) is 4.79 Å². The van der Waals surface area contributed by atoms with Gasteiger partial charge in [0.15, 0.2) is 6.10 Å². The van der Waals surface area contributed by atoms with Crippen LogP contribution in [0.25, 0.3) is 0 Å². The summed E-state index contributed by atoms with van der Waals surface area (Å²) in [6.45, 7) is 0.343. The van der Waals surface area contributed by atoms with E-state index < -0.39 is 0 Å². The zero-order valence-corrected chi connectivity index (χ0v) is 9.72. The molecule has 3 heteroatoms. The van der Waals surface area contributed by atoms with E-state index in [9.17, 15) is 4.79 Å². The van der Waals surface area contributed by atoms with Crippen molar-refractivity contribution in [2.75, 3.05) is 0 Å². The quantitative estimate of drug-likeness (QED) is 0.593. The molecule has 17 heavy (non-hydrogen) atoms. The minimum atomic E-state index is -0.297. The molecule has 90 valence electrons. The number of epoxide rings is 1. The predicted molar refractivity (Wildman–Crippen MR) is 62.3 cm³/mol. The number of hydrogen-bond donors (Lipinski definition) is 0. The number of esters is 1. The lowest BCUT2D eigenvalue weighted by atomic mass is 10.0. The van der Waals surface area contributed by atoms with Gasteiger partial charge in [0, 0.05) is 0 Å². The van der Waals surface area contributed by atoms with Crippen LogP contribution in [-0.2, 0) is 20.9 Å². The average molecular weight is 232 g/mol. The van der Waals surface area contributed by atoms with Crippen LogP contribution in [0.1, 0.15) is 31.2 Å². The van der Waals surface area contributed by atoms with Crippen LogP contribution in [0.15, 0.2) is 30.3 Å². The molecule has 1 atom stereocenters. The molecule has 1 unspecified atom stereocenters. The van der Waals surface area contributed by atoms with Gasteiger partial charge < -0.3 is 9.47 Å². The van der Waals surface area contributed by atoms with Gasteiger partial charge in [0.1, 0.15) is 12.2 Å². The Balaban J connectivity index is 1.52. The number of carbonyl (C=O) groups excluding carboxylic acids is 1. The lowest BCUT2D eigenvalue weighted by molar-refractivity contribution is -0.146. The number of hydrogen-bond acceptors (Lipinski definition) is 3. The molecule has 1 aromatic carbocycles. The monoisotopic (exact) mass is 232 g/mol. The molecule has 1 aliphatic carbocycles. The molecule has 0 bridgehead atoms. The van der Waals surface area contributed by atoms with Crippen molar-refractivity contribution in [3.63, 3.8) is 0 Å². The Hall–Kier alpha value is -1.35. The first-order valence-corrected chi connectivity index (χ1v) is 6.19. The lowest BCUT2D eigenvalue weighted by Crippen LogP contribution is -2.20. The summed E-state index contributed by atoms with van der Waals surface area (Å²) >= 11 is 0. The van der Waals surface area contributed by atoms with Crippen molar-refractivity contribution in [3.8, 4) is 0 Å². The van der Waals surface area contributed by atoms with E-state index in [0.717, 1.165) is 18.4 Å². The molecule has 0 aromatic heterocycles. The van der Waals surface area contributed by atoms with E-state index in [1.807, 2.05) is 30.3 Å². The Morgan fingerprint density at radius 2 is 2.00 bits per heavy atom. The molecule has 0 amide bonds. The van der Waals surface area contributed by atoms with Crippen molar-refractivity contribution in [1.82, 2.24) is 0 Å². The summed E-state index contributed by atoms with van der Waals surface area (Å²) in [5.41, 5.74) is 0.871. The minimum absolute atomic E-state index is 0.145. The molecule has 1 aliphatic heterocycles. The van der Waals surface area contributed by atoms with Gasteiger partial charge in [0.2, 0.25) is 0 Å². The van der Waals surface area contributed by atoms with Gasteiger partial charge in [-0.1, -0.05) is 43.2 Å². The van der Waals surface area contributed by atoms with E-state index in [-0.39, 0.29) is 17.7 Å². The predicted octanol–water partition coefficient (Wildman–Crippen LogP) is 2.44. The van der Waals surface area contributed by atoms with E-state index in [1.165, 1.54) is 12.8 Å². The van der Waals surface area contributed by atoms with Crippen LogP contribution < -0.4 is 0 Å². The van der Waals surface area contributed by atoms with Crippen molar-refractivity contribution in [3.05, 3.63) is 35.9 Å². The van der Waals surface area contributed by atoms with E-state index >= 15 is 0 Å². The summed E-state index contributed by atoms with van der Waals surface area (Å²) in [5, 5.41) is 0. The molecule has 1 spiro atoms. The maximum Gasteiger partial charge on any atom is 0.338 e. The zero-order valence-electron chi connectivity index (χ0n) is 9.72. The molecule has 1 heterocycles. The number of ether oxygens (including phenoxy) is 2. The first-order chi connectivity index (χ1) is 8.30. The molecule has 3 nitrogen and oxygen atoms in total. The van der Waals surface area contributed by atoms with E-state index in [0.29, 0.717) is 6.61 Å². The molecule has 2 fully saturated rings. The third-order valence-corrected chi connectivity index (χ3v) is 3.66. The summed E-state index contributed by atoms with van der Waals surface area (Å²) in [6, 6.07) is 9.73. The maximum atomic E-state index is 11.8. The SMILES string of the molecule is O=C(OCc1ccccc1)C1OC12CCCC2. The van der Waals surface area contributed by atoms with Gasteiger partial charge in [0.05, 0.1) is 0 Å². The van der Waals surface area contributed by atoms with E-state index in [1.54, 1.807) is 0 Å². The Morgan fingerprint density at radius 3 is 2.71 bits per heavy atom. The topological polar surface area (TPSA) is 38.8 Å². The third kappa shape index (κ3) is 2.07. The highest BCUT2D eigenvalue weighted by Crippen LogP contribution is 2.50. The van der Waals surface area contributed by atoms with Crippen LogP contribution >= 0.6 is 0 Å². The maximum absolute atomic E-state index is 11.8. The second-order valence-electron chi connectivity index (χ2n) is 4.86. The minimum Gasteiger partial charge on any atom is -0.459 e. The highest BCUT2D eigenvalue weighted by atomic mass is 16.7. The van der Waals surface area contributed by atoms with Crippen LogP contribution in [0.2, 0.25) is 0 Å². The number of benzene rings is 1.